The molecule has 0 aliphatic rings. The predicted octanol–water partition coefficient (Wildman–Crippen LogP) is 1.61. The van der Waals surface area contributed by atoms with E-state index in [1.807, 2.05) is 0 Å². The molecule has 4 nitrogen and oxygen atoms in total. The van der Waals surface area contributed by atoms with Crippen LogP contribution in [0.25, 0.3) is 0 Å². The molecule has 1 aromatic carbocycles. The van der Waals surface area contributed by atoms with Gasteiger partial charge in [0.1, 0.15) is 18.4 Å². The van der Waals surface area contributed by atoms with Gasteiger partial charge in [0.2, 0.25) is 0 Å². The van der Waals surface area contributed by atoms with Crippen molar-refractivity contribution in [1.82, 2.24) is 5.32 Å². The van der Waals surface area contributed by atoms with Crippen LogP contribution < -0.4 is 10.1 Å². The van der Waals surface area contributed by atoms with Gasteiger partial charge in [-0.25, -0.2) is 0 Å². The number of methoxy groups -OCH3 is 1. The van der Waals surface area contributed by atoms with Crippen molar-refractivity contribution in [2.24, 2.45) is 0 Å². The Morgan fingerprint density at radius 2 is 2.26 bits per heavy atom. The zero-order chi connectivity index (χ0) is 34.1. The molecule has 0 saturated carbocycles. The molecular weight excluding hydrogens is 242 g/mol. The van der Waals surface area contributed by atoms with Crippen LogP contribution >= 0.6 is 0 Å². The van der Waals surface area contributed by atoms with Crippen molar-refractivity contribution in [3.05, 3.63) is 29.7 Å². The average molecular weight is 291 g/mol. The van der Waals surface area contributed by atoms with Crippen molar-refractivity contribution in [3.63, 3.8) is 0 Å². The molecule has 1 rings (SSSR count). The topological polar surface area (TPSA) is 50.7 Å². The summed E-state index contributed by atoms with van der Waals surface area (Å²) in [5.74, 6) is -1.52. The molecule has 108 valence electrons. The number of benzene rings is 1. The van der Waals surface area contributed by atoms with Crippen molar-refractivity contribution >= 4 is 0 Å². The lowest BCUT2D eigenvalue weighted by Crippen LogP contribution is -2.35. The highest BCUT2D eigenvalue weighted by molar-refractivity contribution is 5.27. The highest BCUT2D eigenvalue weighted by Crippen LogP contribution is 2.12. The molecule has 0 bridgehead atoms. The summed E-state index contributed by atoms with van der Waals surface area (Å²) in [5, 5.41) is 11.6. The Balaban J connectivity index is 3.75. The van der Waals surface area contributed by atoms with Crippen LogP contribution in [0.1, 0.15) is 50.8 Å². The SMILES string of the molecule is [2H]c1c([2H])c(C([2H])([2H])C([2H])([2H])OC([2H])([2H])[2H])c([2H])c([2H])c1OC([2H])([2H])C([2H])(O)C([2H])([2H])NC([2H])(C([2H])([2H])[2H])C([2H])([2H])[2H]. The Labute approximate surface area is 148 Å². The number of nitrogens with one attached hydrogen (secondary N) is 1. The monoisotopic (exact) mass is 290 g/mol. The normalized spacial score (nSPS) is 37.6. The van der Waals surface area contributed by atoms with Gasteiger partial charge in [-0.05, 0) is 24.0 Å². The van der Waals surface area contributed by atoms with Gasteiger partial charge in [0.05, 0.1) is 23.0 Å². The summed E-state index contributed by atoms with van der Waals surface area (Å²) in [6.07, 6.45) is -8.15. The fourth-order valence-electron chi connectivity index (χ4n) is 0.738. The zero-order valence-corrected chi connectivity index (χ0v) is 9.26. The number of hydrogen-bond acceptors (Lipinski definition) is 4. The van der Waals surface area contributed by atoms with Crippen LogP contribution in [0.15, 0.2) is 24.2 Å². The van der Waals surface area contributed by atoms with Crippen LogP contribution in [0.4, 0.5) is 0 Å². The molecule has 0 heterocycles. The molecule has 1 atom stereocenters. The molecule has 0 spiro atoms. The summed E-state index contributed by atoms with van der Waals surface area (Å²) in [6, 6.07) is -9.88. The van der Waals surface area contributed by atoms with Crippen LogP contribution in [0, 0.1) is 0 Å². The van der Waals surface area contributed by atoms with E-state index >= 15 is 0 Å². The first-order valence-corrected chi connectivity index (χ1v) is 4.54. The first-order chi connectivity index (χ1) is 18.0. The minimum absolute atomic E-state index is 1.10. The van der Waals surface area contributed by atoms with Gasteiger partial charge in [0, 0.05) is 34.6 Å². The number of ether oxygens (including phenoxy) is 2. The van der Waals surface area contributed by atoms with E-state index in [1.54, 1.807) is 0 Å². The van der Waals surface area contributed by atoms with E-state index in [2.05, 4.69) is 9.47 Å². The zero-order valence-electron chi connectivity index (χ0n) is 32.3. The Kier molecular flexibility index (Phi) is 1.43. The van der Waals surface area contributed by atoms with E-state index in [1.165, 1.54) is 0 Å². The molecule has 1 aromatic rings. The first-order valence-electron chi connectivity index (χ1n) is 16.0. The molecule has 19 heavy (non-hydrogen) atoms. The fourth-order valence-corrected chi connectivity index (χ4v) is 0.738. The molecule has 4 heteroatoms. The molecule has 0 aliphatic carbocycles. The maximum absolute atomic E-state index is 10.5. The summed E-state index contributed by atoms with van der Waals surface area (Å²) < 4.78 is 185. The molecule has 0 aromatic heterocycles. The van der Waals surface area contributed by atoms with Gasteiger partial charge in [0.25, 0.3) is 0 Å². The van der Waals surface area contributed by atoms with Crippen LogP contribution in [-0.4, -0.2) is 43.9 Å². The van der Waals surface area contributed by atoms with Gasteiger partial charge in [-0.2, -0.15) is 0 Å². The summed E-state index contributed by atoms with van der Waals surface area (Å²) in [5.41, 5.74) is -1.42. The van der Waals surface area contributed by atoms with E-state index < -0.39 is 94.3 Å². The van der Waals surface area contributed by atoms with Crippen LogP contribution in [0.5, 0.6) is 5.75 Å². The van der Waals surface area contributed by atoms with Crippen LogP contribution in [0.2, 0.25) is 0 Å². The van der Waals surface area contributed by atoms with Crippen molar-refractivity contribution in [2.45, 2.75) is 32.2 Å². The number of aliphatic hydroxyl groups is 1. The highest BCUT2D eigenvalue weighted by Gasteiger charge is 2.05. The van der Waals surface area contributed by atoms with E-state index in [4.69, 9.17) is 31.5 Å². The largest absolute Gasteiger partial charge is 0.491 e. The molecule has 0 radical (unpaired) electrons. The summed E-state index contributed by atoms with van der Waals surface area (Å²) in [7, 11) is -3.53. The Bertz CT molecular complexity index is 1120. The Morgan fingerprint density at radius 1 is 1.47 bits per heavy atom. The summed E-state index contributed by atoms with van der Waals surface area (Å²) in [6.45, 7) is -19.9. The van der Waals surface area contributed by atoms with Gasteiger partial charge < -0.3 is 19.9 Å². The van der Waals surface area contributed by atoms with E-state index in [-0.39, 0.29) is 0 Å². The van der Waals surface area contributed by atoms with Crippen molar-refractivity contribution in [1.29, 1.82) is 0 Å². The van der Waals surface area contributed by atoms with Crippen molar-refractivity contribution in [2.75, 3.05) is 26.7 Å². The first kappa shape index (κ1) is 3.06. The number of hydrogen-bond donors (Lipinski definition) is 2. The standard InChI is InChI=1S/C15H25NO3/c1-12(2)16-10-14(17)11-19-15-6-4-13(5-7-15)8-9-18-3/h4-7,12,14,16-17H,8-11H2,1-3H3/i1D3,2D3,3D3,4D,5D,6D,7D,8D2,9D2,10D2,11D2,12D,14D. The van der Waals surface area contributed by atoms with E-state index in [0.717, 1.165) is 5.32 Å². The van der Waals surface area contributed by atoms with Gasteiger partial charge in [-0.1, -0.05) is 25.8 Å². The molecule has 0 fully saturated rings. The summed E-state index contributed by atoms with van der Waals surface area (Å²) in [4.78, 5) is 0. The smallest absolute Gasteiger partial charge is 0.119 e. The summed E-state index contributed by atoms with van der Waals surface area (Å²) >= 11 is 0. The third kappa shape index (κ3) is 7.15. The predicted molar refractivity (Wildman–Crippen MR) is 76.7 cm³/mol. The van der Waals surface area contributed by atoms with Gasteiger partial charge >= 0.3 is 0 Å². The van der Waals surface area contributed by atoms with Crippen molar-refractivity contribution in [3.8, 4) is 5.75 Å². The minimum atomic E-state index is -4.43. The molecule has 1 unspecified atom stereocenters. The molecular formula is C15H25NO3. The minimum Gasteiger partial charge on any atom is -0.491 e. The third-order valence-corrected chi connectivity index (χ3v) is 1.38. The van der Waals surface area contributed by atoms with Gasteiger partial charge in [0.15, 0.2) is 0 Å². The average Bonchev–Trinajstić information content (AvgIpc) is 2.71. The maximum atomic E-state index is 10.5. The maximum Gasteiger partial charge on any atom is 0.119 e. The second-order valence-electron chi connectivity index (χ2n) is 2.71. The Morgan fingerprint density at radius 3 is 2.95 bits per heavy atom. The van der Waals surface area contributed by atoms with E-state index in [0.29, 0.717) is 0 Å². The molecule has 0 amide bonds. The highest BCUT2D eigenvalue weighted by atomic mass is 16.5. The van der Waals surface area contributed by atoms with Crippen LogP contribution in [0.3, 0.4) is 0 Å². The second kappa shape index (κ2) is 8.91. The molecule has 0 saturated heterocycles. The quantitative estimate of drug-likeness (QED) is 0.725. The molecule has 0 aliphatic heterocycles. The van der Waals surface area contributed by atoms with Crippen molar-refractivity contribution < 1.29 is 46.1 Å². The Hall–Kier alpha value is -1.10. The molecule has 2 N–H and O–H groups in total. The van der Waals surface area contributed by atoms with Gasteiger partial charge in [-0.15, -0.1) is 0 Å². The lowest BCUT2D eigenvalue weighted by Gasteiger charge is -2.15. The lowest BCUT2D eigenvalue weighted by molar-refractivity contribution is 0.104. The second-order valence-corrected chi connectivity index (χ2v) is 2.71. The third-order valence-electron chi connectivity index (χ3n) is 1.38. The van der Waals surface area contributed by atoms with Gasteiger partial charge in [-0.3, -0.25) is 0 Å². The van der Waals surface area contributed by atoms with Crippen LogP contribution in [-0.2, 0) is 11.1 Å². The lowest BCUT2D eigenvalue weighted by atomic mass is 10.1. The van der Waals surface area contributed by atoms with E-state index in [9.17, 15) is 5.11 Å². The fraction of sp³-hybridized carbons (Fsp3) is 0.600. The number of rotatable bonds is 9.